The zero-order chi connectivity index (χ0) is 12.2. The quantitative estimate of drug-likeness (QED) is 0.834. The molecule has 0 heterocycles. The SMILES string of the molecule is O=C(O)CNCc1cccc(C(F)(F)F)c1. The molecule has 0 aliphatic heterocycles. The first-order chi connectivity index (χ1) is 7.39. The van der Waals surface area contributed by atoms with E-state index in [1.807, 2.05) is 0 Å². The number of hydrogen-bond donors (Lipinski definition) is 2. The molecule has 0 spiro atoms. The summed E-state index contributed by atoms with van der Waals surface area (Å²) in [4.78, 5) is 10.2. The van der Waals surface area contributed by atoms with Crippen molar-refractivity contribution < 1.29 is 23.1 Å². The molecule has 2 N–H and O–H groups in total. The highest BCUT2D eigenvalue weighted by molar-refractivity contribution is 5.68. The normalized spacial score (nSPS) is 11.4. The summed E-state index contributed by atoms with van der Waals surface area (Å²) in [7, 11) is 0. The van der Waals surface area contributed by atoms with E-state index in [9.17, 15) is 18.0 Å². The molecule has 6 heteroatoms. The lowest BCUT2D eigenvalue weighted by molar-refractivity contribution is -0.138. The fourth-order valence-corrected chi connectivity index (χ4v) is 1.17. The van der Waals surface area contributed by atoms with Gasteiger partial charge in [0.05, 0.1) is 12.1 Å². The predicted molar refractivity (Wildman–Crippen MR) is 50.8 cm³/mol. The van der Waals surface area contributed by atoms with E-state index in [0.29, 0.717) is 5.56 Å². The first kappa shape index (κ1) is 12.5. The van der Waals surface area contributed by atoms with Gasteiger partial charge in [-0.3, -0.25) is 4.79 Å². The monoisotopic (exact) mass is 233 g/mol. The molecule has 0 atom stereocenters. The van der Waals surface area contributed by atoms with Crippen LogP contribution in [0.25, 0.3) is 0 Å². The van der Waals surface area contributed by atoms with Crippen LogP contribution in [-0.4, -0.2) is 17.6 Å². The Labute approximate surface area is 89.9 Å². The average Bonchev–Trinajstić information content (AvgIpc) is 2.16. The summed E-state index contributed by atoms with van der Waals surface area (Å²) in [5.74, 6) is -1.05. The summed E-state index contributed by atoms with van der Waals surface area (Å²) >= 11 is 0. The van der Waals surface area contributed by atoms with Gasteiger partial charge in [-0.1, -0.05) is 18.2 Å². The van der Waals surface area contributed by atoms with Crippen LogP contribution in [-0.2, 0) is 17.5 Å². The zero-order valence-electron chi connectivity index (χ0n) is 8.21. The maximum absolute atomic E-state index is 12.3. The largest absolute Gasteiger partial charge is 0.480 e. The predicted octanol–water partition coefficient (Wildman–Crippen LogP) is 1.88. The van der Waals surface area contributed by atoms with Crippen LogP contribution in [0.15, 0.2) is 24.3 Å². The molecule has 0 radical (unpaired) electrons. The Kier molecular flexibility index (Phi) is 3.89. The van der Waals surface area contributed by atoms with E-state index in [-0.39, 0.29) is 13.1 Å². The second kappa shape index (κ2) is 4.98. The Bertz CT molecular complexity index is 377. The number of aliphatic carboxylic acids is 1. The Balaban J connectivity index is 2.64. The molecule has 0 aliphatic carbocycles. The van der Waals surface area contributed by atoms with Gasteiger partial charge in [-0.25, -0.2) is 0 Å². The van der Waals surface area contributed by atoms with Crippen LogP contribution in [0.4, 0.5) is 13.2 Å². The van der Waals surface area contributed by atoms with Crippen LogP contribution in [0.1, 0.15) is 11.1 Å². The number of nitrogens with one attached hydrogen (secondary N) is 1. The minimum absolute atomic E-state index is 0.0935. The van der Waals surface area contributed by atoms with Crippen LogP contribution in [0.2, 0.25) is 0 Å². The molecule has 0 aliphatic rings. The average molecular weight is 233 g/mol. The van der Waals surface area contributed by atoms with Crippen molar-refractivity contribution in [3.05, 3.63) is 35.4 Å². The number of carboxylic acids is 1. The van der Waals surface area contributed by atoms with Crippen molar-refractivity contribution in [1.29, 1.82) is 0 Å². The standard InChI is InChI=1S/C10H10F3NO2/c11-10(12,13)8-3-1-2-7(4-8)5-14-6-9(15)16/h1-4,14H,5-6H2,(H,15,16). The maximum Gasteiger partial charge on any atom is 0.416 e. The second-order valence-electron chi connectivity index (χ2n) is 3.20. The molecule has 3 nitrogen and oxygen atoms in total. The van der Waals surface area contributed by atoms with Crippen molar-refractivity contribution in [1.82, 2.24) is 5.32 Å². The van der Waals surface area contributed by atoms with Gasteiger partial charge < -0.3 is 10.4 Å². The van der Waals surface area contributed by atoms with Gasteiger partial charge in [0.25, 0.3) is 0 Å². The molecule has 1 aromatic carbocycles. The highest BCUT2D eigenvalue weighted by atomic mass is 19.4. The summed E-state index contributed by atoms with van der Waals surface area (Å²) in [6.45, 7) is -0.188. The fraction of sp³-hybridized carbons (Fsp3) is 0.300. The van der Waals surface area contributed by atoms with E-state index in [1.54, 1.807) is 0 Å². The van der Waals surface area contributed by atoms with Gasteiger partial charge in [0.2, 0.25) is 0 Å². The number of hydrogen-bond acceptors (Lipinski definition) is 2. The number of halogens is 3. The van der Waals surface area contributed by atoms with E-state index in [2.05, 4.69) is 5.32 Å². The van der Waals surface area contributed by atoms with Crippen molar-refractivity contribution >= 4 is 5.97 Å². The molecule has 0 amide bonds. The first-order valence-electron chi connectivity index (χ1n) is 4.48. The number of carbonyl (C=O) groups is 1. The van der Waals surface area contributed by atoms with Crippen molar-refractivity contribution in [2.24, 2.45) is 0 Å². The fourth-order valence-electron chi connectivity index (χ4n) is 1.17. The van der Waals surface area contributed by atoms with Crippen LogP contribution in [0.5, 0.6) is 0 Å². The van der Waals surface area contributed by atoms with E-state index in [4.69, 9.17) is 5.11 Å². The van der Waals surface area contributed by atoms with Gasteiger partial charge in [-0.2, -0.15) is 13.2 Å². The molecule has 0 saturated carbocycles. The molecule has 88 valence electrons. The van der Waals surface area contributed by atoms with Crippen molar-refractivity contribution in [2.45, 2.75) is 12.7 Å². The smallest absolute Gasteiger partial charge is 0.416 e. The third kappa shape index (κ3) is 3.90. The molecular weight excluding hydrogens is 223 g/mol. The number of carboxylic acid groups (broad SMARTS) is 1. The molecular formula is C10H10F3NO2. The van der Waals surface area contributed by atoms with Gasteiger partial charge in [-0.05, 0) is 11.6 Å². The number of benzene rings is 1. The highest BCUT2D eigenvalue weighted by Gasteiger charge is 2.30. The lowest BCUT2D eigenvalue weighted by Gasteiger charge is -2.08. The van der Waals surface area contributed by atoms with Gasteiger partial charge in [-0.15, -0.1) is 0 Å². The Morgan fingerprint density at radius 2 is 2.06 bits per heavy atom. The van der Waals surface area contributed by atoms with Gasteiger partial charge in [0.15, 0.2) is 0 Å². The Morgan fingerprint density at radius 1 is 1.38 bits per heavy atom. The highest BCUT2D eigenvalue weighted by Crippen LogP contribution is 2.29. The molecule has 0 unspecified atom stereocenters. The molecule has 16 heavy (non-hydrogen) atoms. The summed E-state index contributed by atoms with van der Waals surface area (Å²) in [6, 6.07) is 4.76. The van der Waals surface area contributed by atoms with Crippen LogP contribution in [0.3, 0.4) is 0 Å². The summed E-state index contributed by atoms with van der Waals surface area (Å²) in [6.07, 6.45) is -4.37. The summed E-state index contributed by atoms with van der Waals surface area (Å²) < 4.78 is 36.9. The minimum Gasteiger partial charge on any atom is -0.480 e. The third-order valence-corrected chi connectivity index (χ3v) is 1.86. The van der Waals surface area contributed by atoms with E-state index in [1.165, 1.54) is 12.1 Å². The molecule has 0 bridgehead atoms. The Morgan fingerprint density at radius 3 is 2.62 bits per heavy atom. The summed E-state index contributed by atoms with van der Waals surface area (Å²) in [5, 5.41) is 10.8. The first-order valence-corrected chi connectivity index (χ1v) is 4.48. The second-order valence-corrected chi connectivity index (χ2v) is 3.20. The number of alkyl halides is 3. The molecule has 0 fully saturated rings. The van der Waals surface area contributed by atoms with Crippen LogP contribution < -0.4 is 5.32 Å². The van der Waals surface area contributed by atoms with E-state index < -0.39 is 17.7 Å². The van der Waals surface area contributed by atoms with Crippen molar-refractivity contribution in [3.8, 4) is 0 Å². The molecule has 0 saturated heterocycles. The third-order valence-electron chi connectivity index (χ3n) is 1.86. The van der Waals surface area contributed by atoms with Gasteiger partial charge in [0, 0.05) is 6.54 Å². The lowest BCUT2D eigenvalue weighted by atomic mass is 10.1. The zero-order valence-corrected chi connectivity index (χ0v) is 8.21. The van der Waals surface area contributed by atoms with Crippen molar-refractivity contribution in [3.63, 3.8) is 0 Å². The molecule has 1 aromatic rings. The molecule has 1 rings (SSSR count). The molecule has 0 aromatic heterocycles. The summed E-state index contributed by atoms with van der Waals surface area (Å²) in [5.41, 5.74) is -0.335. The van der Waals surface area contributed by atoms with Crippen LogP contribution >= 0.6 is 0 Å². The van der Waals surface area contributed by atoms with Gasteiger partial charge >= 0.3 is 12.1 Å². The number of rotatable bonds is 4. The van der Waals surface area contributed by atoms with E-state index in [0.717, 1.165) is 12.1 Å². The maximum atomic E-state index is 12.3. The van der Waals surface area contributed by atoms with Crippen molar-refractivity contribution in [2.75, 3.05) is 6.54 Å². The van der Waals surface area contributed by atoms with Gasteiger partial charge in [0.1, 0.15) is 0 Å². The Hall–Kier alpha value is -1.56. The van der Waals surface area contributed by atoms with Crippen LogP contribution in [0, 0.1) is 0 Å². The lowest BCUT2D eigenvalue weighted by Crippen LogP contribution is -2.22. The minimum atomic E-state index is -4.37. The topological polar surface area (TPSA) is 49.3 Å². The van der Waals surface area contributed by atoms with E-state index >= 15 is 0 Å².